The standard InChI is InChI=1S/C16H21N7O2/c1-12(18-15(24)10-23-11-17-20-21-23)16(25)19-13-5-4-6-14(9-13)22-7-2-3-8-22/h4-6,9,11-12H,2-3,7-8,10H2,1H3,(H,18,24)(H,19,25)/t12-/m0/s1. The Kier molecular flexibility index (Phi) is 5.22. The van der Waals surface area contributed by atoms with E-state index in [1.807, 2.05) is 24.3 Å². The maximum absolute atomic E-state index is 12.3. The summed E-state index contributed by atoms with van der Waals surface area (Å²) in [5.41, 5.74) is 1.82. The summed E-state index contributed by atoms with van der Waals surface area (Å²) in [6.45, 7) is 3.69. The summed E-state index contributed by atoms with van der Waals surface area (Å²) in [5.74, 6) is -0.607. The van der Waals surface area contributed by atoms with Gasteiger partial charge in [0.1, 0.15) is 18.9 Å². The zero-order valence-corrected chi connectivity index (χ0v) is 14.1. The summed E-state index contributed by atoms with van der Waals surface area (Å²) in [4.78, 5) is 26.5. The molecule has 2 amide bonds. The lowest BCUT2D eigenvalue weighted by Gasteiger charge is -2.19. The van der Waals surface area contributed by atoms with E-state index in [1.165, 1.54) is 23.9 Å². The van der Waals surface area contributed by atoms with Crippen LogP contribution in [0.1, 0.15) is 19.8 Å². The summed E-state index contributed by atoms with van der Waals surface area (Å²) >= 11 is 0. The maximum Gasteiger partial charge on any atom is 0.246 e. The number of hydrogen-bond donors (Lipinski definition) is 2. The smallest absolute Gasteiger partial charge is 0.246 e. The molecule has 1 aromatic carbocycles. The number of benzene rings is 1. The van der Waals surface area contributed by atoms with E-state index in [0.29, 0.717) is 0 Å². The predicted octanol–water partition coefficient (Wildman–Crippen LogP) is 0.417. The van der Waals surface area contributed by atoms with E-state index in [0.717, 1.165) is 24.5 Å². The second-order valence-electron chi connectivity index (χ2n) is 6.03. The molecule has 0 radical (unpaired) electrons. The first kappa shape index (κ1) is 16.9. The molecule has 2 N–H and O–H groups in total. The topological polar surface area (TPSA) is 105 Å². The van der Waals surface area contributed by atoms with Gasteiger partial charge >= 0.3 is 0 Å². The van der Waals surface area contributed by atoms with Gasteiger partial charge in [-0.05, 0) is 48.4 Å². The minimum absolute atomic E-state index is 0.0327. The van der Waals surface area contributed by atoms with E-state index in [-0.39, 0.29) is 18.4 Å². The molecular weight excluding hydrogens is 322 g/mol. The van der Waals surface area contributed by atoms with Gasteiger partial charge in [-0.2, -0.15) is 0 Å². The van der Waals surface area contributed by atoms with Gasteiger partial charge in [0.25, 0.3) is 0 Å². The zero-order valence-electron chi connectivity index (χ0n) is 14.1. The van der Waals surface area contributed by atoms with Gasteiger partial charge in [0.15, 0.2) is 0 Å². The van der Waals surface area contributed by atoms with Crippen molar-refractivity contribution in [1.29, 1.82) is 0 Å². The average molecular weight is 343 g/mol. The third kappa shape index (κ3) is 4.52. The Morgan fingerprint density at radius 1 is 1.28 bits per heavy atom. The highest BCUT2D eigenvalue weighted by molar-refractivity contribution is 5.97. The van der Waals surface area contributed by atoms with Crippen molar-refractivity contribution in [3.05, 3.63) is 30.6 Å². The summed E-state index contributed by atoms with van der Waals surface area (Å²) in [6, 6.07) is 7.09. The Hall–Kier alpha value is -2.97. The summed E-state index contributed by atoms with van der Waals surface area (Å²) in [6.07, 6.45) is 3.73. The van der Waals surface area contributed by atoms with Crippen molar-refractivity contribution < 1.29 is 9.59 Å². The molecule has 0 bridgehead atoms. The van der Waals surface area contributed by atoms with E-state index in [1.54, 1.807) is 6.92 Å². The van der Waals surface area contributed by atoms with Crippen LogP contribution >= 0.6 is 0 Å². The average Bonchev–Trinajstić information content (AvgIpc) is 3.28. The number of hydrogen-bond acceptors (Lipinski definition) is 6. The third-order valence-electron chi connectivity index (χ3n) is 4.05. The van der Waals surface area contributed by atoms with Crippen molar-refractivity contribution in [2.24, 2.45) is 0 Å². The van der Waals surface area contributed by atoms with Gasteiger partial charge in [0, 0.05) is 24.5 Å². The van der Waals surface area contributed by atoms with E-state index in [9.17, 15) is 9.59 Å². The Labute approximate surface area is 145 Å². The van der Waals surface area contributed by atoms with Gasteiger partial charge in [-0.25, -0.2) is 4.68 Å². The fourth-order valence-corrected chi connectivity index (χ4v) is 2.76. The number of amides is 2. The second kappa shape index (κ2) is 7.73. The van der Waals surface area contributed by atoms with Gasteiger partial charge in [-0.3, -0.25) is 9.59 Å². The van der Waals surface area contributed by atoms with Crippen molar-refractivity contribution in [2.75, 3.05) is 23.3 Å². The molecule has 132 valence electrons. The zero-order chi connectivity index (χ0) is 17.6. The van der Waals surface area contributed by atoms with E-state index >= 15 is 0 Å². The number of carbonyl (C=O) groups is 2. The highest BCUT2D eigenvalue weighted by Crippen LogP contribution is 2.23. The number of carbonyl (C=O) groups excluding carboxylic acids is 2. The number of tetrazole rings is 1. The number of nitrogens with zero attached hydrogens (tertiary/aromatic N) is 5. The largest absolute Gasteiger partial charge is 0.371 e. The lowest BCUT2D eigenvalue weighted by atomic mass is 10.2. The summed E-state index contributed by atoms with van der Waals surface area (Å²) in [5, 5.41) is 16.0. The molecule has 0 aliphatic carbocycles. The Bertz CT molecular complexity index is 726. The first-order valence-corrected chi connectivity index (χ1v) is 8.28. The Morgan fingerprint density at radius 2 is 2.08 bits per heavy atom. The van der Waals surface area contributed by atoms with Crippen molar-refractivity contribution >= 4 is 23.2 Å². The molecule has 1 atom stereocenters. The maximum atomic E-state index is 12.3. The molecule has 1 aliphatic heterocycles. The van der Waals surface area contributed by atoms with Crippen LogP contribution < -0.4 is 15.5 Å². The van der Waals surface area contributed by atoms with Crippen LogP contribution in [-0.2, 0) is 16.1 Å². The van der Waals surface area contributed by atoms with E-state index < -0.39 is 6.04 Å². The predicted molar refractivity (Wildman–Crippen MR) is 91.9 cm³/mol. The lowest BCUT2D eigenvalue weighted by Crippen LogP contribution is -2.43. The molecule has 0 saturated carbocycles. The molecule has 9 heteroatoms. The molecule has 3 rings (SSSR count). The molecule has 1 aliphatic rings. The quantitative estimate of drug-likeness (QED) is 0.787. The monoisotopic (exact) mass is 343 g/mol. The fraction of sp³-hybridized carbons (Fsp3) is 0.438. The van der Waals surface area contributed by atoms with Gasteiger partial charge < -0.3 is 15.5 Å². The second-order valence-corrected chi connectivity index (χ2v) is 6.03. The van der Waals surface area contributed by atoms with Crippen LogP contribution in [-0.4, -0.2) is 51.2 Å². The van der Waals surface area contributed by atoms with Gasteiger partial charge in [-0.15, -0.1) is 5.10 Å². The Morgan fingerprint density at radius 3 is 2.80 bits per heavy atom. The van der Waals surface area contributed by atoms with Crippen LogP contribution in [0.25, 0.3) is 0 Å². The number of aromatic nitrogens is 4. The van der Waals surface area contributed by atoms with E-state index in [2.05, 4.69) is 31.1 Å². The number of anilines is 2. The molecule has 25 heavy (non-hydrogen) atoms. The molecular formula is C16H21N7O2. The van der Waals surface area contributed by atoms with Gasteiger partial charge in [0.05, 0.1) is 0 Å². The molecule has 1 aromatic heterocycles. The molecule has 2 heterocycles. The van der Waals surface area contributed by atoms with Crippen LogP contribution in [0.4, 0.5) is 11.4 Å². The van der Waals surface area contributed by atoms with Crippen LogP contribution in [0.15, 0.2) is 30.6 Å². The van der Waals surface area contributed by atoms with Crippen LogP contribution in [0.3, 0.4) is 0 Å². The van der Waals surface area contributed by atoms with E-state index in [4.69, 9.17) is 0 Å². The molecule has 1 saturated heterocycles. The first-order chi connectivity index (χ1) is 12.1. The third-order valence-corrected chi connectivity index (χ3v) is 4.05. The first-order valence-electron chi connectivity index (χ1n) is 8.28. The van der Waals surface area contributed by atoms with Crippen molar-refractivity contribution in [3.63, 3.8) is 0 Å². The normalized spacial score (nSPS) is 15.0. The van der Waals surface area contributed by atoms with Crippen LogP contribution in [0.5, 0.6) is 0 Å². The number of rotatable bonds is 6. The van der Waals surface area contributed by atoms with Crippen LogP contribution in [0, 0.1) is 0 Å². The molecule has 1 fully saturated rings. The fourth-order valence-electron chi connectivity index (χ4n) is 2.76. The highest BCUT2D eigenvalue weighted by atomic mass is 16.2. The van der Waals surface area contributed by atoms with Crippen LogP contribution in [0.2, 0.25) is 0 Å². The molecule has 0 spiro atoms. The summed E-state index contributed by atoms with van der Waals surface area (Å²) in [7, 11) is 0. The minimum atomic E-state index is -0.667. The van der Waals surface area contributed by atoms with Crippen molar-refractivity contribution in [2.45, 2.75) is 32.4 Å². The molecule has 2 aromatic rings. The summed E-state index contributed by atoms with van der Waals surface area (Å²) < 4.78 is 1.29. The SMILES string of the molecule is C[C@H](NC(=O)Cn1cnnn1)C(=O)Nc1cccc(N2CCCC2)c1. The lowest BCUT2D eigenvalue weighted by molar-refractivity contribution is -0.126. The highest BCUT2D eigenvalue weighted by Gasteiger charge is 2.17. The minimum Gasteiger partial charge on any atom is -0.371 e. The molecule has 9 nitrogen and oxygen atoms in total. The molecule has 0 unspecified atom stereocenters. The van der Waals surface area contributed by atoms with Gasteiger partial charge in [0.2, 0.25) is 11.8 Å². The van der Waals surface area contributed by atoms with Gasteiger partial charge in [-0.1, -0.05) is 6.07 Å². The van der Waals surface area contributed by atoms with Crippen molar-refractivity contribution in [3.8, 4) is 0 Å². The Balaban J connectivity index is 1.54. The van der Waals surface area contributed by atoms with Crippen molar-refractivity contribution in [1.82, 2.24) is 25.5 Å². The number of nitrogens with one attached hydrogen (secondary N) is 2.